The summed E-state index contributed by atoms with van der Waals surface area (Å²) in [6, 6.07) is 14.6. The molecule has 0 radical (unpaired) electrons. The fourth-order valence-electron chi connectivity index (χ4n) is 2.21. The molecule has 0 unspecified atom stereocenters. The summed E-state index contributed by atoms with van der Waals surface area (Å²) in [4.78, 5) is 11.4. The Labute approximate surface area is 126 Å². The molecule has 108 valence electrons. The van der Waals surface area contributed by atoms with Gasteiger partial charge in [0.2, 0.25) is 0 Å². The molecule has 0 saturated heterocycles. The van der Waals surface area contributed by atoms with E-state index in [2.05, 4.69) is 44.2 Å². The SMILES string of the molecule is CCOC(=O)/C=C/c1cccc(-c2cc(C)ccc2C)c1. The van der Waals surface area contributed by atoms with E-state index in [-0.39, 0.29) is 5.97 Å². The number of esters is 1. The highest BCUT2D eigenvalue weighted by Crippen LogP contribution is 2.25. The van der Waals surface area contributed by atoms with Gasteiger partial charge < -0.3 is 4.74 Å². The van der Waals surface area contributed by atoms with Crippen molar-refractivity contribution < 1.29 is 9.53 Å². The fraction of sp³-hybridized carbons (Fsp3) is 0.211. The second-order valence-electron chi connectivity index (χ2n) is 5.03. The summed E-state index contributed by atoms with van der Waals surface area (Å²) >= 11 is 0. The van der Waals surface area contributed by atoms with Gasteiger partial charge in [-0.15, -0.1) is 0 Å². The number of carbonyl (C=O) groups excluding carboxylic acids is 1. The average Bonchev–Trinajstić information content (AvgIpc) is 2.48. The van der Waals surface area contributed by atoms with Crippen molar-refractivity contribution in [3.05, 3.63) is 65.2 Å². The van der Waals surface area contributed by atoms with Crippen LogP contribution in [0.5, 0.6) is 0 Å². The van der Waals surface area contributed by atoms with E-state index in [0.29, 0.717) is 6.61 Å². The first-order valence-corrected chi connectivity index (χ1v) is 7.12. The molecule has 0 bridgehead atoms. The van der Waals surface area contributed by atoms with Crippen LogP contribution in [0.25, 0.3) is 17.2 Å². The Bertz CT molecular complexity index is 669. The molecule has 0 saturated carbocycles. The van der Waals surface area contributed by atoms with Crippen LogP contribution in [0, 0.1) is 13.8 Å². The third kappa shape index (κ3) is 4.06. The van der Waals surface area contributed by atoms with Gasteiger partial charge in [0, 0.05) is 6.08 Å². The van der Waals surface area contributed by atoms with E-state index >= 15 is 0 Å². The Morgan fingerprint density at radius 2 is 1.95 bits per heavy atom. The molecule has 2 aromatic rings. The molecule has 0 aliphatic rings. The largest absolute Gasteiger partial charge is 0.463 e. The highest BCUT2D eigenvalue weighted by Gasteiger charge is 2.03. The molecule has 2 aromatic carbocycles. The molecule has 0 fully saturated rings. The molecule has 0 spiro atoms. The van der Waals surface area contributed by atoms with Gasteiger partial charge in [0.25, 0.3) is 0 Å². The van der Waals surface area contributed by atoms with Gasteiger partial charge in [-0.25, -0.2) is 4.79 Å². The summed E-state index contributed by atoms with van der Waals surface area (Å²) in [6.07, 6.45) is 3.25. The second kappa shape index (κ2) is 6.89. The van der Waals surface area contributed by atoms with Crippen LogP contribution in [0.4, 0.5) is 0 Å². The Morgan fingerprint density at radius 3 is 2.71 bits per heavy atom. The summed E-state index contributed by atoms with van der Waals surface area (Å²) in [6.45, 7) is 6.39. The Morgan fingerprint density at radius 1 is 1.14 bits per heavy atom. The van der Waals surface area contributed by atoms with Crippen LogP contribution in [0.3, 0.4) is 0 Å². The highest BCUT2D eigenvalue weighted by molar-refractivity contribution is 5.87. The van der Waals surface area contributed by atoms with Crippen molar-refractivity contribution in [3.63, 3.8) is 0 Å². The quantitative estimate of drug-likeness (QED) is 0.607. The first kappa shape index (κ1) is 15.0. The summed E-state index contributed by atoms with van der Waals surface area (Å²) in [5, 5.41) is 0. The van der Waals surface area contributed by atoms with Crippen molar-refractivity contribution in [2.75, 3.05) is 6.61 Å². The lowest BCUT2D eigenvalue weighted by Gasteiger charge is -2.08. The van der Waals surface area contributed by atoms with Gasteiger partial charge in [0.15, 0.2) is 0 Å². The molecular formula is C19H20O2. The Kier molecular flexibility index (Phi) is 4.94. The maximum atomic E-state index is 11.4. The normalized spacial score (nSPS) is 10.8. The zero-order valence-electron chi connectivity index (χ0n) is 12.7. The number of carbonyl (C=O) groups is 1. The first-order valence-electron chi connectivity index (χ1n) is 7.12. The van der Waals surface area contributed by atoms with Crippen LogP contribution in [0.2, 0.25) is 0 Å². The number of ether oxygens (including phenoxy) is 1. The van der Waals surface area contributed by atoms with Crippen molar-refractivity contribution in [3.8, 4) is 11.1 Å². The van der Waals surface area contributed by atoms with E-state index in [4.69, 9.17) is 4.74 Å². The van der Waals surface area contributed by atoms with Crippen molar-refractivity contribution in [1.82, 2.24) is 0 Å². The molecule has 0 amide bonds. The molecule has 0 aromatic heterocycles. The Hall–Kier alpha value is -2.35. The van der Waals surface area contributed by atoms with Crippen LogP contribution in [-0.4, -0.2) is 12.6 Å². The number of hydrogen-bond donors (Lipinski definition) is 0. The van der Waals surface area contributed by atoms with Crippen LogP contribution in [0.1, 0.15) is 23.6 Å². The number of hydrogen-bond acceptors (Lipinski definition) is 2. The zero-order valence-corrected chi connectivity index (χ0v) is 12.7. The molecular weight excluding hydrogens is 260 g/mol. The molecule has 21 heavy (non-hydrogen) atoms. The van der Waals surface area contributed by atoms with Gasteiger partial charge >= 0.3 is 5.97 Å². The molecule has 0 N–H and O–H groups in total. The smallest absolute Gasteiger partial charge is 0.330 e. The lowest BCUT2D eigenvalue weighted by molar-refractivity contribution is -0.137. The van der Waals surface area contributed by atoms with Gasteiger partial charge in [0.05, 0.1) is 6.61 Å². The van der Waals surface area contributed by atoms with E-state index in [1.807, 2.05) is 12.1 Å². The maximum absolute atomic E-state index is 11.4. The van der Waals surface area contributed by atoms with Crippen LogP contribution >= 0.6 is 0 Å². The molecule has 2 rings (SSSR count). The van der Waals surface area contributed by atoms with Crippen molar-refractivity contribution in [2.45, 2.75) is 20.8 Å². The van der Waals surface area contributed by atoms with Gasteiger partial charge in [-0.1, -0.05) is 42.0 Å². The topological polar surface area (TPSA) is 26.3 Å². The molecule has 0 aliphatic heterocycles. The van der Waals surface area contributed by atoms with Crippen molar-refractivity contribution >= 4 is 12.0 Å². The third-order valence-electron chi connectivity index (χ3n) is 3.29. The molecule has 0 aliphatic carbocycles. The number of benzene rings is 2. The summed E-state index contributed by atoms with van der Waals surface area (Å²) in [7, 11) is 0. The zero-order chi connectivity index (χ0) is 15.2. The third-order valence-corrected chi connectivity index (χ3v) is 3.29. The van der Waals surface area contributed by atoms with Gasteiger partial charge in [-0.2, -0.15) is 0 Å². The molecule has 0 atom stereocenters. The minimum atomic E-state index is -0.311. The van der Waals surface area contributed by atoms with Gasteiger partial charge in [0.1, 0.15) is 0 Å². The van der Waals surface area contributed by atoms with Gasteiger partial charge in [-0.05, 0) is 55.2 Å². The first-order chi connectivity index (χ1) is 10.1. The Balaban J connectivity index is 2.29. The molecule has 2 heteroatoms. The van der Waals surface area contributed by atoms with E-state index in [1.165, 1.54) is 22.8 Å². The van der Waals surface area contributed by atoms with Crippen molar-refractivity contribution in [2.24, 2.45) is 0 Å². The predicted molar refractivity (Wildman–Crippen MR) is 87.0 cm³/mol. The monoisotopic (exact) mass is 280 g/mol. The fourth-order valence-corrected chi connectivity index (χ4v) is 2.21. The van der Waals surface area contributed by atoms with E-state index in [0.717, 1.165) is 11.1 Å². The van der Waals surface area contributed by atoms with E-state index < -0.39 is 0 Å². The van der Waals surface area contributed by atoms with Crippen LogP contribution in [0.15, 0.2) is 48.5 Å². The maximum Gasteiger partial charge on any atom is 0.330 e. The number of aryl methyl sites for hydroxylation is 2. The minimum absolute atomic E-state index is 0.311. The average molecular weight is 280 g/mol. The lowest BCUT2D eigenvalue weighted by atomic mass is 9.97. The second-order valence-corrected chi connectivity index (χ2v) is 5.03. The molecule has 0 heterocycles. The lowest BCUT2D eigenvalue weighted by Crippen LogP contribution is -1.98. The highest BCUT2D eigenvalue weighted by atomic mass is 16.5. The summed E-state index contributed by atoms with van der Waals surface area (Å²) in [5.41, 5.74) is 5.85. The van der Waals surface area contributed by atoms with E-state index in [9.17, 15) is 4.79 Å². The van der Waals surface area contributed by atoms with Crippen molar-refractivity contribution in [1.29, 1.82) is 0 Å². The van der Waals surface area contributed by atoms with E-state index in [1.54, 1.807) is 13.0 Å². The predicted octanol–water partition coefficient (Wildman–Crippen LogP) is 4.55. The summed E-state index contributed by atoms with van der Waals surface area (Å²) < 4.78 is 4.89. The van der Waals surface area contributed by atoms with Gasteiger partial charge in [-0.3, -0.25) is 0 Å². The summed E-state index contributed by atoms with van der Waals surface area (Å²) in [5.74, 6) is -0.311. The molecule has 2 nitrogen and oxygen atoms in total. The minimum Gasteiger partial charge on any atom is -0.463 e. The van der Waals surface area contributed by atoms with Crippen LogP contribution in [-0.2, 0) is 9.53 Å². The standard InChI is InChI=1S/C19H20O2/c1-4-21-19(20)11-10-16-6-5-7-17(13-16)18-12-14(2)8-9-15(18)3/h5-13H,4H2,1-3H3/b11-10+. The van der Waals surface area contributed by atoms with Crippen LogP contribution < -0.4 is 0 Å². The number of rotatable bonds is 4.